The summed E-state index contributed by atoms with van der Waals surface area (Å²) in [6.45, 7) is 6.16. The molecule has 0 unspecified atom stereocenters. The van der Waals surface area contributed by atoms with E-state index in [0.717, 1.165) is 33.1 Å². The zero-order chi connectivity index (χ0) is 21.1. The first-order valence-electron chi connectivity index (χ1n) is 10.7. The monoisotopic (exact) mass is 424 g/mol. The minimum atomic E-state index is -0.311. The number of pyridine rings is 1. The third kappa shape index (κ3) is 4.08. The number of aryl methyl sites for hydroxylation is 2. The number of fused-ring (bicyclic) bond motifs is 1. The molecule has 7 heteroatoms. The summed E-state index contributed by atoms with van der Waals surface area (Å²) >= 11 is 1.60. The summed E-state index contributed by atoms with van der Waals surface area (Å²) in [5, 5.41) is 10.7. The quantitative estimate of drug-likeness (QED) is 0.389. The van der Waals surface area contributed by atoms with Crippen LogP contribution < -0.4 is 0 Å². The molecule has 0 spiro atoms. The first-order chi connectivity index (χ1) is 14.6. The van der Waals surface area contributed by atoms with Crippen molar-refractivity contribution in [2.75, 3.05) is 6.61 Å². The third-order valence-electron chi connectivity index (χ3n) is 5.82. The van der Waals surface area contributed by atoms with Gasteiger partial charge in [0, 0.05) is 17.2 Å². The Hall–Kier alpha value is -2.41. The lowest BCUT2D eigenvalue weighted by molar-refractivity contribution is 0.0524. The molecule has 3 aromatic rings. The molecule has 30 heavy (non-hydrogen) atoms. The van der Waals surface area contributed by atoms with E-state index in [1.54, 1.807) is 11.8 Å². The van der Waals surface area contributed by atoms with Gasteiger partial charge in [0.1, 0.15) is 5.82 Å². The van der Waals surface area contributed by atoms with E-state index in [-0.39, 0.29) is 5.97 Å². The molecule has 0 radical (unpaired) electrons. The highest BCUT2D eigenvalue weighted by atomic mass is 32.2. The number of benzene rings is 1. The van der Waals surface area contributed by atoms with Crippen molar-refractivity contribution in [2.45, 2.75) is 69.8 Å². The zero-order valence-electron chi connectivity index (χ0n) is 17.9. The van der Waals surface area contributed by atoms with Crippen molar-refractivity contribution in [3.05, 3.63) is 46.9 Å². The summed E-state index contributed by atoms with van der Waals surface area (Å²) in [5.74, 6) is 1.19. The smallest absolute Gasteiger partial charge is 0.340 e. The van der Waals surface area contributed by atoms with E-state index < -0.39 is 0 Å². The summed E-state index contributed by atoms with van der Waals surface area (Å²) in [6.07, 6.45) is 6.17. The van der Waals surface area contributed by atoms with E-state index >= 15 is 0 Å². The number of para-hydroxylation sites is 1. The molecule has 1 fully saturated rings. The number of hydrogen-bond acceptors (Lipinski definition) is 6. The highest BCUT2D eigenvalue weighted by Gasteiger charge is 2.24. The summed E-state index contributed by atoms with van der Waals surface area (Å²) in [6, 6.07) is 8.39. The van der Waals surface area contributed by atoms with Gasteiger partial charge in [-0.3, -0.25) is 4.98 Å². The Morgan fingerprint density at radius 3 is 2.70 bits per heavy atom. The maximum absolute atomic E-state index is 12.8. The van der Waals surface area contributed by atoms with E-state index in [0.29, 0.717) is 24.0 Å². The Bertz CT molecular complexity index is 1060. The van der Waals surface area contributed by atoms with Crippen LogP contribution in [0.25, 0.3) is 10.9 Å². The van der Waals surface area contributed by atoms with Crippen LogP contribution >= 0.6 is 11.8 Å². The Balaban J connectivity index is 1.67. The second kappa shape index (κ2) is 9.16. The second-order valence-electron chi connectivity index (χ2n) is 7.78. The molecule has 158 valence electrons. The Labute approximate surface area is 181 Å². The normalized spacial score (nSPS) is 14.9. The van der Waals surface area contributed by atoms with Gasteiger partial charge in [0.25, 0.3) is 0 Å². The first kappa shape index (κ1) is 20.8. The number of carbonyl (C=O) groups is 1. The third-order valence-corrected chi connectivity index (χ3v) is 6.77. The van der Waals surface area contributed by atoms with Crippen LogP contribution in [0, 0.1) is 13.8 Å². The molecule has 1 aliphatic carbocycles. The lowest BCUT2D eigenvalue weighted by atomic mass is 9.95. The van der Waals surface area contributed by atoms with E-state index in [1.807, 2.05) is 45.0 Å². The van der Waals surface area contributed by atoms with Crippen LogP contribution in [0.5, 0.6) is 0 Å². The van der Waals surface area contributed by atoms with Crippen molar-refractivity contribution in [1.29, 1.82) is 0 Å². The molecule has 0 bridgehead atoms. The number of rotatable bonds is 6. The molecular formula is C23H28N4O2S. The molecule has 1 aliphatic rings. The topological polar surface area (TPSA) is 69.9 Å². The molecule has 1 aromatic carbocycles. The van der Waals surface area contributed by atoms with Crippen LogP contribution in [0.3, 0.4) is 0 Å². The summed E-state index contributed by atoms with van der Waals surface area (Å²) in [4.78, 5) is 17.6. The van der Waals surface area contributed by atoms with Gasteiger partial charge in [0.05, 0.1) is 23.4 Å². The maximum atomic E-state index is 12.8. The standard InChI is InChI=1S/C23H28N4O2S/c1-4-29-22(28)21-15(2)18-12-8-9-13-19(18)24-20(21)14-30-23-26-25-16(3)27(23)17-10-6-5-7-11-17/h8-9,12-13,17H,4-7,10-11,14H2,1-3H3. The number of esters is 1. The molecule has 6 nitrogen and oxygen atoms in total. The summed E-state index contributed by atoms with van der Waals surface area (Å²) < 4.78 is 7.63. The maximum Gasteiger partial charge on any atom is 0.340 e. The molecule has 2 aromatic heterocycles. The van der Waals surface area contributed by atoms with Gasteiger partial charge in [-0.2, -0.15) is 0 Å². The zero-order valence-corrected chi connectivity index (χ0v) is 18.7. The average Bonchev–Trinajstić information content (AvgIpc) is 3.13. The molecule has 0 amide bonds. The van der Waals surface area contributed by atoms with Gasteiger partial charge in [-0.15, -0.1) is 10.2 Å². The van der Waals surface area contributed by atoms with Gasteiger partial charge in [-0.1, -0.05) is 49.2 Å². The summed E-state index contributed by atoms with van der Waals surface area (Å²) in [5.41, 5.74) is 3.12. The van der Waals surface area contributed by atoms with Crippen LogP contribution in [0.15, 0.2) is 29.4 Å². The number of ether oxygens (including phenoxy) is 1. The van der Waals surface area contributed by atoms with Gasteiger partial charge >= 0.3 is 5.97 Å². The lowest BCUT2D eigenvalue weighted by Crippen LogP contribution is -2.15. The van der Waals surface area contributed by atoms with Crippen molar-refractivity contribution in [1.82, 2.24) is 19.7 Å². The van der Waals surface area contributed by atoms with Crippen molar-refractivity contribution >= 4 is 28.6 Å². The summed E-state index contributed by atoms with van der Waals surface area (Å²) in [7, 11) is 0. The highest BCUT2D eigenvalue weighted by molar-refractivity contribution is 7.98. The Kier molecular flexibility index (Phi) is 6.37. The van der Waals surface area contributed by atoms with E-state index in [4.69, 9.17) is 9.72 Å². The van der Waals surface area contributed by atoms with E-state index in [1.165, 1.54) is 32.1 Å². The number of hydrogen-bond donors (Lipinski definition) is 0. The molecule has 0 aliphatic heterocycles. The molecule has 0 atom stereocenters. The predicted molar refractivity (Wildman–Crippen MR) is 119 cm³/mol. The van der Waals surface area contributed by atoms with Gasteiger partial charge in [-0.05, 0) is 45.2 Å². The predicted octanol–water partition coefficient (Wildman–Crippen LogP) is 5.42. The molecule has 0 saturated heterocycles. The fraction of sp³-hybridized carbons (Fsp3) is 0.478. The molecule has 2 heterocycles. The SMILES string of the molecule is CCOC(=O)c1c(CSc2nnc(C)n2C2CCCCC2)nc2ccccc2c1C. The first-order valence-corrected chi connectivity index (χ1v) is 11.7. The fourth-order valence-electron chi connectivity index (χ4n) is 4.36. The van der Waals surface area contributed by atoms with E-state index in [2.05, 4.69) is 14.8 Å². The minimum Gasteiger partial charge on any atom is -0.462 e. The highest BCUT2D eigenvalue weighted by Crippen LogP contribution is 2.34. The van der Waals surface area contributed by atoms with E-state index in [9.17, 15) is 4.79 Å². The van der Waals surface area contributed by atoms with Crippen molar-refractivity contribution < 1.29 is 9.53 Å². The molecule has 4 rings (SSSR count). The largest absolute Gasteiger partial charge is 0.462 e. The number of carbonyl (C=O) groups excluding carboxylic acids is 1. The Morgan fingerprint density at radius 1 is 1.17 bits per heavy atom. The van der Waals surface area contributed by atoms with Crippen LogP contribution in [-0.4, -0.2) is 32.3 Å². The van der Waals surface area contributed by atoms with Crippen molar-refractivity contribution in [2.24, 2.45) is 0 Å². The minimum absolute atomic E-state index is 0.311. The number of thioether (sulfide) groups is 1. The number of aromatic nitrogens is 4. The van der Waals surface area contributed by atoms with Crippen molar-refractivity contribution in [3.63, 3.8) is 0 Å². The molecular weight excluding hydrogens is 396 g/mol. The molecule has 0 N–H and O–H groups in total. The molecule has 1 saturated carbocycles. The van der Waals surface area contributed by atoms with Crippen LogP contribution in [0.2, 0.25) is 0 Å². The lowest BCUT2D eigenvalue weighted by Gasteiger charge is -2.25. The van der Waals surface area contributed by atoms with Gasteiger partial charge < -0.3 is 9.30 Å². The Morgan fingerprint density at radius 2 is 1.93 bits per heavy atom. The second-order valence-corrected chi connectivity index (χ2v) is 8.72. The fourth-order valence-corrected chi connectivity index (χ4v) is 5.35. The van der Waals surface area contributed by atoms with Crippen molar-refractivity contribution in [3.8, 4) is 0 Å². The van der Waals surface area contributed by atoms with Gasteiger partial charge in [0.15, 0.2) is 5.16 Å². The van der Waals surface area contributed by atoms with Crippen LogP contribution in [-0.2, 0) is 10.5 Å². The number of nitrogens with zero attached hydrogens (tertiary/aromatic N) is 4. The van der Waals surface area contributed by atoms with Crippen LogP contribution in [0.1, 0.15) is 72.5 Å². The van der Waals surface area contributed by atoms with Crippen LogP contribution in [0.4, 0.5) is 0 Å². The average molecular weight is 425 g/mol. The van der Waals surface area contributed by atoms with Gasteiger partial charge in [-0.25, -0.2) is 4.79 Å². The van der Waals surface area contributed by atoms with Gasteiger partial charge in [0.2, 0.25) is 0 Å².